The van der Waals surface area contributed by atoms with Crippen molar-refractivity contribution < 1.29 is 14.3 Å². The summed E-state index contributed by atoms with van der Waals surface area (Å²) < 4.78 is 11.8. The molecule has 0 bridgehead atoms. The average molecular weight is 551 g/mol. The normalized spacial score (nSPS) is 19.6. The zero-order valence-corrected chi connectivity index (χ0v) is 23.6. The van der Waals surface area contributed by atoms with Gasteiger partial charge in [-0.1, -0.05) is 30.3 Å². The standard InChI is InChI=1S/C31H38N4O3.ClH/c1-23-29(9-6-25-3-2-14-32-30(23)25)24-4-7-27(8-5-24)38-28-12-17-35(18-13-28)31(36)34-15-10-26(11-16-34)33-19-21-37-22-20-33;/h2-9,14,26,28H,10-13,15-22H2,1H3;1H. The van der Waals surface area contributed by atoms with Crippen LogP contribution >= 0.6 is 12.4 Å². The molecule has 208 valence electrons. The number of morpholine rings is 1. The molecule has 39 heavy (non-hydrogen) atoms. The molecule has 0 atom stereocenters. The molecule has 2 aromatic carbocycles. The topological polar surface area (TPSA) is 58.1 Å². The van der Waals surface area contributed by atoms with Crippen LogP contribution in [-0.4, -0.2) is 90.3 Å². The molecule has 4 heterocycles. The molecule has 7 nitrogen and oxygen atoms in total. The number of likely N-dealkylation sites (tertiary alicyclic amines) is 2. The minimum absolute atomic E-state index is 0. The number of ether oxygens (including phenoxy) is 2. The Balaban J connectivity index is 0.00000308. The van der Waals surface area contributed by atoms with Gasteiger partial charge in [0.1, 0.15) is 11.9 Å². The number of hydrogen-bond acceptors (Lipinski definition) is 5. The fraction of sp³-hybridized carbons (Fsp3) is 0.484. The zero-order valence-electron chi connectivity index (χ0n) is 22.8. The van der Waals surface area contributed by atoms with Crippen LogP contribution in [0.15, 0.2) is 54.7 Å². The Bertz CT molecular complexity index is 1250. The van der Waals surface area contributed by atoms with Gasteiger partial charge in [-0.05, 0) is 54.7 Å². The summed E-state index contributed by atoms with van der Waals surface area (Å²) in [5, 5.41) is 1.16. The second-order valence-corrected chi connectivity index (χ2v) is 10.8. The molecule has 0 unspecified atom stereocenters. The summed E-state index contributed by atoms with van der Waals surface area (Å²) in [4.78, 5) is 24.3. The van der Waals surface area contributed by atoms with Gasteiger partial charge in [0.25, 0.3) is 0 Å². The van der Waals surface area contributed by atoms with Crippen molar-refractivity contribution >= 4 is 29.3 Å². The highest BCUT2D eigenvalue weighted by Crippen LogP contribution is 2.30. The maximum absolute atomic E-state index is 13.2. The SMILES string of the molecule is Cc1c(-c2ccc(OC3CCN(C(=O)N4CCC(N5CCOCC5)CC4)CC3)cc2)ccc2cccnc12.Cl. The van der Waals surface area contributed by atoms with Crippen molar-refractivity contribution in [1.29, 1.82) is 0 Å². The van der Waals surface area contributed by atoms with Crippen molar-refractivity contribution in [3.8, 4) is 16.9 Å². The zero-order chi connectivity index (χ0) is 25.9. The van der Waals surface area contributed by atoms with Crippen molar-refractivity contribution in [1.82, 2.24) is 19.7 Å². The van der Waals surface area contributed by atoms with E-state index in [1.165, 1.54) is 16.7 Å². The van der Waals surface area contributed by atoms with Gasteiger partial charge in [-0.3, -0.25) is 9.88 Å². The quantitative estimate of drug-likeness (QED) is 0.436. The largest absolute Gasteiger partial charge is 0.490 e. The molecule has 8 heteroatoms. The molecule has 2 amide bonds. The van der Waals surface area contributed by atoms with E-state index in [4.69, 9.17) is 9.47 Å². The van der Waals surface area contributed by atoms with E-state index in [0.29, 0.717) is 6.04 Å². The van der Waals surface area contributed by atoms with Gasteiger partial charge in [-0.25, -0.2) is 4.79 Å². The molecule has 3 aliphatic rings. The predicted molar refractivity (Wildman–Crippen MR) is 157 cm³/mol. The van der Waals surface area contributed by atoms with Crippen LogP contribution in [0.3, 0.4) is 0 Å². The number of rotatable bonds is 4. The third-order valence-electron chi connectivity index (χ3n) is 8.51. The van der Waals surface area contributed by atoms with Crippen LogP contribution in [0, 0.1) is 6.92 Å². The van der Waals surface area contributed by atoms with E-state index in [-0.39, 0.29) is 24.5 Å². The Morgan fingerprint density at radius 1 is 0.872 bits per heavy atom. The average Bonchev–Trinajstić information content (AvgIpc) is 2.99. The summed E-state index contributed by atoms with van der Waals surface area (Å²) in [7, 11) is 0. The van der Waals surface area contributed by atoms with E-state index >= 15 is 0 Å². The number of aromatic nitrogens is 1. The number of benzene rings is 2. The number of aryl methyl sites for hydroxylation is 1. The molecular formula is C31H39ClN4O3. The molecule has 3 aliphatic heterocycles. The van der Waals surface area contributed by atoms with Gasteiger partial charge in [0.05, 0.1) is 18.7 Å². The second-order valence-electron chi connectivity index (χ2n) is 10.8. The van der Waals surface area contributed by atoms with Crippen molar-refractivity contribution in [2.24, 2.45) is 0 Å². The van der Waals surface area contributed by atoms with E-state index in [1.54, 1.807) is 0 Å². The summed E-state index contributed by atoms with van der Waals surface area (Å²) in [5.74, 6) is 0.889. The van der Waals surface area contributed by atoms with Crippen LogP contribution < -0.4 is 4.74 Å². The number of amides is 2. The highest BCUT2D eigenvalue weighted by Gasteiger charge is 2.31. The molecule has 0 spiro atoms. The summed E-state index contributed by atoms with van der Waals surface area (Å²) in [6.45, 7) is 9.08. The van der Waals surface area contributed by atoms with Gasteiger partial charge in [0.2, 0.25) is 0 Å². The van der Waals surface area contributed by atoms with Gasteiger partial charge in [-0.15, -0.1) is 12.4 Å². The molecule has 0 N–H and O–H groups in total. The lowest BCUT2D eigenvalue weighted by Crippen LogP contribution is -2.54. The molecule has 6 rings (SSSR count). The first-order valence-electron chi connectivity index (χ1n) is 14.1. The maximum atomic E-state index is 13.2. The summed E-state index contributed by atoms with van der Waals surface area (Å²) in [6.07, 6.45) is 5.86. The molecular weight excluding hydrogens is 512 g/mol. The number of urea groups is 1. The first-order chi connectivity index (χ1) is 18.7. The Labute approximate surface area is 237 Å². The lowest BCUT2D eigenvalue weighted by atomic mass is 9.98. The number of pyridine rings is 1. The number of piperidine rings is 2. The Morgan fingerprint density at radius 2 is 1.54 bits per heavy atom. The Morgan fingerprint density at radius 3 is 2.23 bits per heavy atom. The van der Waals surface area contributed by atoms with Crippen molar-refractivity contribution in [2.75, 3.05) is 52.5 Å². The van der Waals surface area contributed by atoms with E-state index in [1.807, 2.05) is 17.2 Å². The molecule has 0 aliphatic carbocycles. The molecule has 1 aromatic heterocycles. The number of carbonyl (C=O) groups excluding carboxylic acids is 1. The van der Waals surface area contributed by atoms with Crippen molar-refractivity contribution in [2.45, 2.75) is 44.8 Å². The third-order valence-corrected chi connectivity index (χ3v) is 8.51. The third kappa shape index (κ3) is 6.16. The van der Waals surface area contributed by atoms with Gasteiger partial charge in [0.15, 0.2) is 0 Å². The van der Waals surface area contributed by atoms with Crippen LogP contribution in [0.1, 0.15) is 31.2 Å². The van der Waals surface area contributed by atoms with Gasteiger partial charge in [0, 0.05) is 69.7 Å². The number of carbonyl (C=O) groups is 1. The lowest BCUT2D eigenvalue weighted by Gasteiger charge is -2.42. The molecule has 3 aromatic rings. The Hall–Kier alpha value is -2.87. The Kier molecular flexibility index (Phi) is 8.90. The highest BCUT2D eigenvalue weighted by atomic mass is 35.5. The minimum atomic E-state index is 0. The maximum Gasteiger partial charge on any atom is 0.320 e. The minimum Gasteiger partial charge on any atom is -0.490 e. The van der Waals surface area contributed by atoms with Crippen LogP contribution in [0.2, 0.25) is 0 Å². The molecule has 0 saturated carbocycles. The van der Waals surface area contributed by atoms with Crippen LogP contribution in [0.25, 0.3) is 22.0 Å². The first kappa shape index (κ1) is 27.7. The molecule has 3 saturated heterocycles. The van der Waals surface area contributed by atoms with E-state index in [9.17, 15) is 4.79 Å². The highest BCUT2D eigenvalue weighted by molar-refractivity contribution is 5.88. The first-order valence-corrected chi connectivity index (χ1v) is 14.1. The second kappa shape index (κ2) is 12.5. The van der Waals surface area contributed by atoms with Crippen LogP contribution in [-0.2, 0) is 4.74 Å². The number of halogens is 1. The monoisotopic (exact) mass is 550 g/mol. The van der Waals surface area contributed by atoms with Gasteiger partial charge in [-0.2, -0.15) is 0 Å². The predicted octanol–water partition coefficient (Wildman–Crippen LogP) is 5.39. The van der Waals surface area contributed by atoms with Crippen molar-refractivity contribution in [3.63, 3.8) is 0 Å². The molecule has 0 radical (unpaired) electrons. The van der Waals surface area contributed by atoms with Crippen LogP contribution in [0.4, 0.5) is 4.79 Å². The van der Waals surface area contributed by atoms with Gasteiger partial charge < -0.3 is 19.3 Å². The lowest BCUT2D eigenvalue weighted by molar-refractivity contribution is 0.00196. The summed E-state index contributed by atoms with van der Waals surface area (Å²) >= 11 is 0. The van der Waals surface area contributed by atoms with E-state index < -0.39 is 0 Å². The smallest absolute Gasteiger partial charge is 0.320 e. The van der Waals surface area contributed by atoms with E-state index in [0.717, 1.165) is 94.8 Å². The number of fused-ring (bicyclic) bond motifs is 1. The summed E-state index contributed by atoms with van der Waals surface area (Å²) in [6, 6.07) is 17.6. The fourth-order valence-corrected chi connectivity index (χ4v) is 6.24. The summed E-state index contributed by atoms with van der Waals surface area (Å²) in [5.41, 5.74) is 4.61. The van der Waals surface area contributed by atoms with Crippen LogP contribution in [0.5, 0.6) is 5.75 Å². The molecule has 3 fully saturated rings. The number of nitrogens with zero attached hydrogens (tertiary/aromatic N) is 4. The van der Waals surface area contributed by atoms with Gasteiger partial charge >= 0.3 is 6.03 Å². The van der Waals surface area contributed by atoms with E-state index in [2.05, 4.69) is 64.2 Å². The van der Waals surface area contributed by atoms with Crippen molar-refractivity contribution in [3.05, 3.63) is 60.3 Å². The number of hydrogen-bond donors (Lipinski definition) is 0. The fourth-order valence-electron chi connectivity index (χ4n) is 6.24.